The number of nitrogens with two attached hydrogens (primary N) is 1. The van der Waals surface area contributed by atoms with Gasteiger partial charge in [0.2, 0.25) is 0 Å². The fraction of sp³-hybridized carbons (Fsp3) is 0.188. The number of rotatable bonds is 6. The third-order valence-corrected chi connectivity index (χ3v) is 2.86. The van der Waals surface area contributed by atoms with Crippen molar-refractivity contribution in [1.29, 1.82) is 5.41 Å². The van der Waals surface area contributed by atoms with E-state index >= 15 is 0 Å². The lowest BCUT2D eigenvalue weighted by Crippen LogP contribution is -2.11. The molecule has 0 bridgehead atoms. The maximum Gasteiger partial charge on any atom is 0.165 e. The lowest BCUT2D eigenvalue weighted by molar-refractivity contribution is 0.211. The molecule has 0 aromatic heterocycles. The second kappa shape index (κ2) is 6.74. The fourth-order valence-corrected chi connectivity index (χ4v) is 1.76. The summed E-state index contributed by atoms with van der Waals surface area (Å²) in [6, 6.07) is 11.6. The average Bonchev–Trinajstić information content (AvgIpc) is 2.47. The summed E-state index contributed by atoms with van der Waals surface area (Å²) in [5.74, 6) is 0.505. The van der Waals surface area contributed by atoms with Gasteiger partial charge in [0.05, 0.1) is 0 Å². The Morgan fingerprint density at radius 2 is 1.76 bits per heavy atom. The predicted molar refractivity (Wildman–Crippen MR) is 79.6 cm³/mol. The number of hydrogen-bond donors (Lipinski definition) is 2. The largest absolute Gasteiger partial charge is 0.490 e. The van der Waals surface area contributed by atoms with Crippen LogP contribution in [0.15, 0.2) is 42.5 Å². The van der Waals surface area contributed by atoms with E-state index < -0.39 is 0 Å². The van der Waals surface area contributed by atoms with Crippen molar-refractivity contribution < 1.29 is 13.9 Å². The SMILES string of the molecule is Cc1ccc(F)c(OCCOc2ccc(C(=N)N)cc2)c1. The Morgan fingerprint density at radius 3 is 2.43 bits per heavy atom. The molecular weight excluding hydrogens is 271 g/mol. The highest BCUT2D eigenvalue weighted by Gasteiger charge is 2.03. The molecule has 2 aromatic carbocycles. The first-order valence-corrected chi connectivity index (χ1v) is 6.52. The van der Waals surface area contributed by atoms with Crippen molar-refractivity contribution in [2.24, 2.45) is 5.73 Å². The second-order valence-corrected chi connectivity index (χ2v) is 4.57. The number of ether oxygens (including phenoxy) is 2. The van der Waals surface area contributed by atoms with Crippen LogP contribution in [0.3, 0.4) is 0 Å². The number of amidine groups is 1. The maximum absolute atomic E-state index is 13.4. The van der Waals surface area contributed by atoms with Crippen LogP contribution in [0.25, 0.3) is 0 Å². The summed E-state index contributed by atoms with van der Waals surface area (Å²) in [4.78, 5) is 0. The van der Waals surface area contributed by atoms with Crippen molar-refractivity contribution in [3.8, 4) is 11.5 Å². The van der Waals surface area contributed by atoms with E-state index in [1.54, 1.807) is 36.4 Å². The zero-order chi connectivity index (χ0) is 15.2. The summed E-state index contributed by atoms with van der Waals surface area (Å²) in [6.45, 7) is 2.42. The number of halogens is 1. The van der Waals surface area contributed by atoms with Gasteiger partial charge < -0.3 is 15.2 Å². The molecule has 0 saturated carbocycles. The van der Waals surface area contributed by atoms with Gasteiger partial charge in [-0.15, -0.1) is 0 Å². The summed E-state index contributed by atoms with van der Waals surface area (Å²) >= 11 is 0. The van der Waals surface area contributed by atoms with Gasteiger partial charge in [0.1, 0.15) is 24.8 Å². The van der Waals surface area contributed by atoms with Crippen molar-refractivity contribution in [2.75, 3.05) is 13.2 Å². The zero-order valence-electron chi connectivity index (χ0n) is 11.7. The predicted octanol–water partition coefficient (Wildman–Crippen LogP) is 2.88. The molecule has 0 spiro atoms. The van der Waals surface area contributed by atoms with Crippen LogP contribution in [0.5, 0.6) is 11.5 Å². The third kappa shape index (κ3) is 4.21. The minimum absolute atomic E-state index is 0.0137. The lowest BCUT2D eigenvalue weighted by Gasteiger charge is -2.10. The maximum atomic E-state index is 13.4. The molecule has 110 valence electrons. The molecule has 21 heavy (non-hydrogen) atoms. The molecule has 2 rings (SSSR count). The number of benzene rings is 2. The minimum atomic E-state index is -0.383. The van der Waals surface area contributed by atoms with Gasteiger partial charge in [-0.25, -0.2) is 4.39 Å². The van der Waals surface area contributed by atoms with Crippen LogP contribution >= 0.6 is 0 Å². The van der Waals surface area contributed by atoms with Gasteiger partial charge in [0.15, 0.2) is 11.6 Å². The molecule has 0 radical (unpaired) electrons. The molecular formula is C16H17FN2O2. The van der Waals surface area contributed by atoms with E-state index in [4.69, 9.17) is 20.6 Å². The van der Waals surface area contributed by atoms with Crippen molar-refractivity contribution in [3.63, 3.8) is 0 Å². The zero-order valence-corrected chi connectivity index (χ0v) is 11.7. The molecule has 4 nitrogen and oxygen atoms in total. The Balaban J connectivity index is 1.81. The van der Waals surface area contributed by atoms with E-state index in [2.05, 4.69) is 0 Å². The number of nitrogen functional groups attached to an aromatic ring is 1. The normalized spacial score (nSPS) is 10.2. The van der Waals surface area contributed by atoms with Gasteiger partial charge in [-0.3, -0.25) is 5.41 Å². The minimum Gasteiger partial charge on any atom is -0.490 e. The van der Waals surface area contributed by atoms with Gasteiger partial charge >= 0.3 is 0 Å². The second-order valence-electron chi connectivity index (χ2n) is 4.57. The number of hydrogen-bond acceptors (Lipinski definition) is 3. The fourth-order valence-electron chi connectivity index (χ4n) is 1.76. The quantitative estimate of drug-likeness (QED) is 0.488. The van der Waals surface area contributed by atoms with Crippen LogP contribution in [0.2, 0.25) is 0 Å². The smallest absolute Gasteiger partial charge is 0.165 e. The van der Waals surface area contributed by atoms with Crippen LogP contribution in [-0.4, -0.2) is 19.0 Å². The van der Waals surface area contributed by atoms with Crippen LogP contribution < -0.4 is 15.2 Å². The monoisotopic (exact) mass is 288 g/mol. The number of nitrogens with one attached hydrogen (secondary N) is 1. The molecule has 0 unspecified atom stereocenters. The molecule has 5 heteroatoms. The Morgan fingerprint density at radius 1 is 1.10 bits per heavy atom. The highest BCUT2D eigenvalue weighted by atomic mass is 19.1. The average molecular weight is 288 g/mol. The van der Waals surface area contributed by atoms with Crippen LogP contribution in [-0.2, 0) is 0 Å². The van der Waals surface area contributed by atoms with E-state index in [0.717, 1.165) is 5.56 Å². The molecule has 2 aromatic rings. The van der Waals surface area contributed by atoms with Crippen LogP contribution in [0.4, 0.5) is 4.39 Å². The van der Waals surface area contributed by atoms with E-state index in [1.807, 2.05) is 6.92 Å². The van der Waals surface area contributed by atoms with Gasteiger partial charge in [0.25, 0.3) is 0 Å². The first-order valence-electron chi connectivity index (χ1n) is 6.52. The third-order valence-electron chi connectivity index (χ3n) is 2.86. The summed E-state index contributed by atoms with van der Waals surface area (Å²) in [7, 11) is 0. The molecule has 0 aliphatic carbocycles. The summed E-state index contributed by atoms with van der Waals surface area (Å²) < 4.78 is 24.3. The Hall–Kier alpha value is -2.56. The van der Waals surface area contributed by atoms with E-state index in [1.165, 1.54) is 6.07 Å². The van der Waals surface area contributed by atoms with E-state index in [0.29, 0.717) is 17.9 Å². The summed E-state index contributed by atoms with van der Waals surface area (Å²) in [5.41, 5.74) is 6.94. The standard InChI is InChI=1S/C16H17FN2O2/c1-11-2-7-14(17)15(10-11)21-9-8-20-13-5-3-12(4-6-13)16(18)19/h2-7,10H,8-9H2,1H3,(H3,18,19). The highest BCUT2D eigenvalue weighted by Crippen LogP contribution is 2.18. The summed E-state index contributed by atoms with van der Waals surface area (Å²) in [5, 5.41) is 7.29. The Labute approximate surface area is 122 Å². The van der Waals surface area contributed by atoms with Gasteiger partial charge in [-0.05, 0) is 48.9 Å². The molecule has 0 heterocycles. The first kappa shape index (κ1) is 14.8. The van der Waals surface area contributed by atoms with Crippen LogP contribution in [0, 0.1) is 18.2 Å². The molecule has 0 fully saturated rings. The van der Waals surface area contributed by atoms with Gasteiger partial charge in [0, 0.05) is 5.56 Å². The van der Waals surface area contributed by atoms with Crippen LogP contribution in [0.1, 0.15) is 11.1 Å². The highest BCUT2D eigenvalue weighted by molar-refractivity contribution is 5.94. The molecule has 0 amide bonds. The first-order chi connectivity index (χ1) is 10.1. The Kier molecular flexibility index (Phi) is 4.77. The number of aryl methyl sites for hydroxylation is 1. The van der Waals surface area contributed by atoms with Crippen molar-refractivity contribution in [2.45, 2.75) is 6.92 Å². The molecule has 3 N–H and O–H groups in total. The molecule has 0 saturated heterocycles. The van der Waals surface area contributed by atoms with Crippen molar-refractivity contribution >= 4 is 5.84 Å². The van der Waals surface area contributed by atoms with E-state index in [-0.39, 0.29) is 24.0 Å². The molecule has 0 atom stereocenters. The molecule has 0 aliphatic heterocycles. The topological polar surface area (TPSA) is 68.3 Å². The van der Waals surface area contributed by atoms with Gasteiger partial charge in [-0.1, -0.05) is 6.07 Å². The summed E-state index contributed by atoms with van der Waals surface area (Å²) in [6.07, 6.45) is 0. The van der Waals surface area contributed by atoms with E-state index in [9.17, 15) is 4.39 Å². The molecule has 0 aliphatic rings. The lowest BCUT2D eigenvalue weighted by atomic mass is 10.2. The van der Waals surface area contributed by atoms with Crippen molar-refractivity contribution in [3.05, 3.63) is 59.4 Å². The van der Waals surface area contributed by atoms with Gasteiger partial charge in [-0.2, -0.15) is 0 Å². The van der Waals surface area contributed by atoms with Crippen molar-refractivity contribution in [1.82, 2.24) is 0 Å². The Bertz CT molecular complexity index is 627.